The Labute approximate surface area is 128 Å². The minimum Gasteiger partial charge on any atom is -0.452 e. The van der Waals surface area contributed by atoms with Gasteiger partial charge in [-0.15, -0.1) is 0 Å². The van der Waals surface area contributed by atoms with E-state index >= 15 is 0 Å². The molecule has 22 heavy (non-hydrogen) atoms. The number of benzene rings is 2. The van der Waals surface area contributed by atoms with Crippen LogP contribution >= 0.6 is 0 Å². The number of hydrogen-bond donors (Lipinski definition) is 0. The molecule has 0 N–H and O–H groups in total. The van der Waals surface area contributed by atoms with Crippen molar-refractivity contribution in [2.45, 2.75) is 13.5 Å². The lowest BCUT2D eigenvalue weighted by atomic mass is 10.2. The average Bonchev–Trinajstić information content (AvgIpc) is 2.82. The summed E-state index contributed by atoms with van der Waals surface area (Å²) in [5.41, 5.74) is 2.42. The highest BCUT2D eigenvalue weighted by molar-refractivity contribution is 6.12. The predicted octanol–water partition coefficient (Wildman–Crippen LogP) is 4.04. The Bertz CT molecular complexity index is 895. The molecule has 0 unspecified atom stereocenters. The summed E-state index contributed by atoms with van der Waals surface area (Å²) >= 11 is 0. The zero-order valence-corrected chi connectivity index (χ0v) is 12.5. The SMILES string of the molecule is CCn1c2c(c3ccccc31)Oc1ccccc1N(C)C2=O. The summed E-state index contributed by atoms with van der Waals surface area (Å²) in [5.74, 6) is 1.31. The Hall–Kier alpha value is -2.75. The normalized spacial score (nSPS) is 13.5. The molecule has 2 heterocycles. The van der Waals surface area contributed by atoms with E-state index in [0.717, 1.165) is 23.1 Å². The van der Waals surface area contributed by atoms with Crippen LogP contribution < -0.4 is 9.64 Å². The van der Waals surface area contributed by atoms with Gasteiger partial charge in [0, 0.05) is 19.0 Å². The van der Waals surface area contributed by atoms with E-state index in [0.29, 0.717) is 17.2 Å². The van der Waals surface area contributed by atoms with Gasteiger partial charge < -0.3 is 14.2 Å². The van der Waals surface area contributed by atoms with Crippen molar-refractivity contribution < 1.29 is 9.53 Å². The van der Waals surface area contributed by atoms with Crippen LogP contribution in [0.1, 0.15) is 17.4 Å². The van der Waals surface area contributed by atoms with Crippen molar-refractivity contribution >= 4 is 22.5 Å². The minimum atomic E-state index is -0.0435. The molecule has 1 aromatic heterocycles. The van der Waals surface area contributed by atoms with E-state index in [2.05, 4.69) is 0 Å². The van der Waals surface area contributed by atoms with Crippen LogP contribution in [0.5, 0.6) is 11.5 Å². The number of hydrogen-bond acceptors (Lipinski definition) is 2. The van der Waals surface area contributed by atoms with Crippen molar-refractivity contribution in [3.63, 3.8) is 0 Å². The quantitative estimate of drug-likeness (QED) is 0.678. The molecule has 4 rings (SSSR count). The molecular weight excluding hydrogens is 276 g/mol. The largest absolute Gasteiger partial charge is 0.452 e. The summed E-state index contributed by atoms with van der Waals surface area (Å²) in [6.07, 6.45) is 0. The third-order valence-corrected chi connectivity index (χ3v) is 4.19. The molecule has 0 saturated heterocycles. The zero-order valence-electron chi connectivity index (χ0n) is 12.5. The summed E-state index contributed by atoms with van der Waals surface area (Å²) in [5, 5.41) is 0.970. The molecule has 4 heteroatoms. The molecule has 0 fully saturated rings. The summed E-state index contributed by atoms with van der Waals surface area (Å²) < 4.78 is 8.18. The number of ether oxygens (including phenoxy) is 1. The van der Waals surface area contributed by atoms with E-state index in [9.17, 15) is 4.79 Å². The smallest absolute Gasteiger partial charge is 0.278 e. The van der Waals surface area contributed by atoms with E-state index in [4.69, 9.17) is 4.74 Å². The number of para-hydroxylation sites is 3. The van der Waals surface area contributed by atoms with Crippen LogP contribution in [-0.2, 0) is 6.54 Å². The maximum atomic E-state index is 13.0. The molecule has 0 atom stereocenters. The third-order valence-electron chi connectivity index (χ3n) is 4.19. The first-order valence-electron chi connectivity index (χ1n) is 7.38. The van der Waals surface area contributed by atoms with Gasteiger partial charge in [-0.05, 0) is 31.2 Å². The topological polar surface area (TPSA) is 34.5 Å². The number of amides is 1. The molecule has 0 bridgehead atoms. The second-order valence-corrected chi connectivity index (χ2v) is 5.37. The summed E-state index contributed by atoms with van der Waals surface area (Å²) in [7, 11) is 1.79. The van der Waals surface area contributed by atoms with Crippen LogP contribution in [0.25, 0.3) is 10.9 Å². The van der Waals surface area contributed by atoms with E-state index < -0.39 is 0 Å². The lowest BCUT2D eigenvalue weighted by Crippen LogP contribution is -2.27. The monoisotopic (exact) mass is 292 g/mol. The third kappa shape index (κ3) is 1.61. The van der Waals surface area contributed by atoms with Crippen LogP contribution in [0.2, 0.25) is 0 Å². The summed E-state index contributed by atoms with van der Waals surface area (Å²) in [4.78, 5) is 14.6. The molecule has 0 saturated carbocycles. The minimum absolute atomic E-state index is 0.0435. The fourth-order valence-electron chi connectivity index (χ4n) is 3.11. The number of fused-ring (bicyclic) bond motifs is 4. The van der Waals surface area contributed by atoms with E-state index in [1.807, 2.05) is 60.0 Å². The Kier molecular flexibility index (Phi) is 2.73. The van der Waals surface area contributed by atoms with E-state index in [1.165, 1.54) is 0 Å². The van der Waals surface area contributed by atoms with Gasteiger partial charge in [0.2, 0.25) is 0 Å². The van der Waals surface area contributed by atoms with Crippen molar-refractivity contribution in [3.05, 3.63) is 54.2 Å². The highest BCUT2D eigenvalue weighted by Gasteiger charge is 2.31. The lowest BCUT2D eigenvalue weighted by Gasteiger charge is -2.17. The van der Waals surface area contributed by atoms with E-state index in [1.54, 1.807) is 11.9 Å². The van der Waals surface area contributed by atoms with Crippen molar-refractivity contribution in [3.8, 4) is 11.5 Å². The molecule has 3 aromatic rings. The molecule has 1 aliphatic heterocycles. The number of carbonyl (C=O) groups excluding carboxylic acids is 1. The molecule has 110 valence electrons. The zero-order chi connectivity index (χ0) is 15.3. The van der Waals surface area contributed by atoms with Crippen molar-refractivity contribution in [2.24, 2.45) is 0 Å². The highest BCUT2D eigenvalue weighted by Crippen LogP contribution is 2.43. The van der Waals surface area contributed by atoms with Gasteiger partial charge in [-0.1, -0.05) is 24.3 Å². The number of nitrogens with zero attached hydrogens (tertiary/aromatic N) is 2. The Morgan fingerprint density at radius 1 is 1.05 bits per heavy atom. The molecule has 0 radical (unpaired) electrons. The summed E-state index contributed by atoms with van der Waals surface area (Å²) in [6, 6.07) is 15.6. The van der Waals surface area contributed by atoms with Gasteiger partial charge in [0.15, 0.2) is 17.2 Å². The fourth-order valence-corrected chi connectivity index (χ4v) is 3.11. The molecule has 0 spiro atoms. The van der Waals surface area contributed by atoms with Crippen molar-refractivity contribution in [1.29, 1.82) is 0 Å². The molecule has 4 nitrogen and oxygen atoms in total. The number of rotatable bonds is 1. The Morgan fingerprint density at radius 2 is 1.77 bits per heavy atom. The van der Waals surface area contributed by atoms with Gasteiger partial charge in [0.1, 0.15) is 0 Å². The Balaban J connectivity index is 2.09. The first-order chi connectivity index (χ1) is 10.7. The van der Waals surface area contributed by atoms with Gasteiger partial charge in [-0.2, -0.15) is 0 Å². The van der Waals surface area contributed by atoms with Crippen LogP contribution in [0.3, 0.4) is 0 Å². The van der Waals surface area contributed by atoms with E-state index in [-0.39, 0.29) is 5.91 Å². The molecule has 1 amide bonds. The van der Waals surface area contributed by atoms with Crippen molar-refractivity contribution in [2.75, 3.05) is 11.9 Å². The summed E-state index contributed by atoms with van der Waals surface area (Å²) in [6.45, 7) is 2.76. The van der Waals surface area contributed by atoms with Gasteiger partial charge in [0.25, 0.3) is 5.91 Å². The van der Waals surface area contributed by atoms with Gasteiger partial charge in [-0.25, -0.2) is 0 Å². The second-order valence-electron chi connectivity index (χ2n) is 5.37. The number of aryl methyl sites for hydroxylation is 1. The van der Waals surface area contributed by atoms with Gasteiger partial charge in [0.05, 0.1) is 11.2 Å². The molecule has 1 aliphatic rings. The standard InChI is InChI=1S/C18H16N2O2/c1-3-20-13-9-5-4-8-12(13)17-16(20)18(21)19(2)14-10-6-7-11-15(14)22-17/h4-11H,3H2,1-2H3. The van der Waals surface area contributed by atoms with Crippen molar-refractivity contribution in [1.82, 2.24) is 4.57 Å². The van der Waals surface area contributed by atoms with Crippen LogP contribution in [-0.4, -0.2) is 17.5 Å². The second kappa shape index (κ2) is 4.63. The van der Waals surface area contributed by atoms with Gasteiger partial charge >= 0.3 is 0 Å². The molecule has 0 aliphatic carbocycles. The number of anilines is 1. The predicted molar refractivity (Wildman–Crippen MR) is 86.9 cm³/mol. The maximum Gasteiger partial charge on any atom is 0.278 e. The van der Waals surface area contributed by atoms with Crippen LogP contribution in [0.15, 0.2) is 48.5 Å². The number of carbonyl (C=O) groups is 1. The fraction of sp³-hybridized carbons (Fsp3) is 0.167. The first kappa shape index (κ1) is 13.0. The maximum absolute atomic E-state index is 13.0. The van der Waals surface area contributed by atoms with Crippen LogP contribution in [0, 0.1) is 0 Å². The highest BCUT2D eigenvalue weighted by atomic mass is 16.5. The number of aromatic nitrogens is 1. The average molecular weight is 292 g/mol. The van der Waals surface area contributed by atoms with Crippen LogP contribution in [0.4, 0.5) is 5.69 Å². The Morgan fingerprint density at radius 3 is 2.59 bits per heavy atom. The lowest BCUT2D eigenvalue weighted by molar-refractivity contribution is 0.0985. The first-order valence-corrected chi connectivity index (χ1v) is 7.38. The van der Waals surface area contributed by atoms with Gasteiger partial charge in [-0.3, -0.25) is 4.79 Å². The molecular formula is C18H16N2O2. The molecule has 2 aromatic carbocycles.